The summed E-state index contributed by atoms with van der Waals surface area (Å²) in [5.74, 6) is 6.38. The largest absolute Gasteiger partial charge is 0.0979 e. The van der Waals surface area contributed by atoms with Gasteiger partial charge in [-0.1, -0.05) is 31.6 Å². The third-order valence-electron chi connectivity index (χ3n) is 1.98. The van der Waals surface area contributed by atoms with Crippen molar-refractivity contribution in [3.8, 4) is 11.8 Å². The molecule has 0 saturated heterocycles. The van der Waals surface area contributed by atoms with E-state index < -0.39 is 0 Å². The summed E-state index contributed by atoms with van der Waals surface area (Å²) in [4.78, 5) is 0. The second-order valence-electron chi connectivity index (χ2n) is 3.27. The van der Waals surface area contributed by atoms with Crippen molar-refractivity contribution in [2.24, 2.45) is 0 Å². The molecule has 0 aliphatic carbocycles. The molecule has 74 valence electrons. The van der Waals surface area contributed by atoms with Gasteiger partial charge in [-0.3, -0.25) is 0 Å². The summed E-state index contributed by atoms with van der Waals surface area (Å²) in [6.07, 6.45) is 4.82. The van der Waals surface area contributed by atoms with Crippen LogP contribution < -0.4 is 0 Å². The van der Waals surface area contributed by atoms with E-state index in [0.29, 0.717) is 0 Å². The number of benzene rings is 1. The van der Waals surface area contributed by atoms with Crippen LogP contribution in [-0.4, -0.2) is 0 Å². The van der Waals surface area contributed by atoms with E-state index in [1.165, 1.54) is 22.8 Å². The molecule has 0 saturated carbocycles. The van der Waals surface area contributed by atoms with Crippen LogP contribution in [0.5, 0.6) is 0 Å². The molecule has 0 aliphatic heterocycles. The number of unbranched alkanes of at least 4 members (excludes halogenated alkanes) is 3. The zero-order valence-electron chi connectivity index (χ0n) is 8.52. The van der Waals surface area contributed by atoms with Crippen molar-refractivity contribution in [3.05, 3.63) is 33.4 Å². The molecule has 1 aromatic carbocycles. The minimum absolute atomic E-state index is 1.03. The Labute approximate surface area is 100 Å². The maximum absolute atomic E-state index is 3.20. The highest BCUT2D eigenvalue weighted by atomic mass is 127. The van der Waals surface area contributed by atoms with Crippen molar-refractivity contribution in [2.45, 2.75) is 32.6 Å². The van der Waals surface area contributed by atoms with Crippen LogP contribution in [-0.2, 0) is 0 Å². The molecule has 0 aliphatic rings. The fraction of sp³-hybridized carbons (Fsp3) is 0.385. The summed E-state index contributed by atoms with van der Waals surface area (Å²) in [6, 6.07) is 8.34. The summed E-state index contributed by atoms with van der Waals surface area (Å²) in [7, 11) is 0. The highest BCUT2D eigenvalue weighted by molar-refractivity contribution is 14.1. The Morgan fingerprint density at radius 1 is 1.14 bits per heavy atom. The van der Waals surface area contributed by atoms with E-state index in [1.807, 2.05) is 0 Å². The molecule has 0 atom stereocenters. The predicted molar refractivity (Wildman–Crippen MR) is 70.2 cm³/mol. The molecule has 0 heterocycles. The van der Waals surface area contributed by atoms with Gasteiger partial charge in [0.2, 0.25) is 0 Å². The van der Waals surface area contributed by atoms with Gasteiger partial charge in [0.05, 0.1) is 0 Å². The molecule has 14 heavy (non-hydrogen) atoms. The molecule has 0 radical (unpaired) electrons. The van der Waals surface area contributed by atoms with Crippen molar-refractivity contribution in [1.29, 1.82) is 0 Å². The van der Waals surface area contributed by atoms with Gasteiger partial charge in [0.15, 0.2) is 0 Å². The lowest BCUT2D eigenvalue weighted by atomic mass is 10.2. The van der Waals surface area contributed by atoms with Crippen molar-refractivity contribution >= 4 is 22.6 Å². The second-order valence-corrected chi connectivity index (χ2v) is 4.51. The molecule has 0 N–H and O–H groups in total. The lowest BCUT2D eigenvalue weighted by Crippen LogP contribution is -1.75. The molecule has 1 heteroatoms. The highest BCUT2D eigenvalue weighted by Gasteiger charge is 1.86. The van der Waals surface area contributed by atoms with Crippen molar-refractivity contribution in [1.82, 2.24) is 0 Å². The second kappa shape index (κ2) is 6.89. The third kappa shape index (κ3) is 4.66. The van der Waals surface area contributed by atoms with Gasteiger partial charge in [-0.05, 0) is 53.3 Å². The van der Waals surface area contributed by atoms with Gasteiger partial charge in [0.1, 0.15) is 0 Å². The van der Waals surface area contributed by atoms with Crippen molar-refractivity contribution in [3.63, 3.8) is 0 Å². The molecule has 0 nitrogen and oxygen atoms in total. The van der Waals surface area contributed by atoms with E-state index in [0.717, 1.165) is 12.0 Å². The van der Waals surface area contributed by atoms with Gasteiger partial charge in [-0.2, -0.15) is 0 Å². The van der Waals surface area contributed by atoms with Gasteiger partial charge in [-0.15, -0.1) is 0 Å². The first kappa shape index (κ1) is 11.6. The molecule has 0 spiro atoms. The maximum atomic E-state index is 3.20. The molecule has 0 bridgehead atoms. The Morgan fingerprint density at radius 2 is 1.86 bits per heavy atom. The maximum Gasteiger partial charge on any atom is 0.0245 e. The minimum Gasteiger partial charge on any atom is -0.0979 e. The average molecular weight is 298 g/mol. The molecular weight excluding hydrogens is 283 g/mol. The van der Waals surface area contributed by atoms with Crippen LogP contribution in [0.3, 0.4) is 0 Å². The third-order valence-corrected chi connectivity index (χ3v) is 2.70. The number of rotatable bonds is 3. The van der Waals surface area contributed by atoms with Crippen LogP contribution in [0, 0.1) is 15.4 Å². The quantitative estimate of drug-likeness (QED) is 0.445. The number of hydrogen-bond donors (Lipinski definition) is 0. The van der Waals surface area contributed by atoms with Crippen LogP contribution in [0.15, 0.2) is 24.3 Å². The molecular formula is C13H15I. The molecule has 1 rings (SSSR count). The Hall–Kier alpha value is -0.490. The van der Waals surface area contributed by atoms with Gasteiger partial charge in [0.25, 0.3) is 0 Å². The first-order valence-electron chi connectivity index (χ1n) is 5.07. The highest BCUT2D eigenvalue weighted by Crippen LogP contribution is 2.05. The average Bonchev–Trinajstić information content (AvgIpc) is 2.21. The smallest absolute Gasteiger partial charge is 0.0245 e. The summed E-state index contributed by atoms with van der Waals surface area (Å²) in [5, 5.41) is 0. The summed E-state index contributed by atoms with van der Waals surface area (Å²) in [6.45, 7) is 2.21. The first-order valence-corrected chi connectivity index (χ1v) is 6.15. The van der Waals surface area contributed by atoms with Crippen LogP contribution >= 0.6 is 22.6 Å². The number of hydrogen-bond acceptors (Lipinski definition) is 0. The molecule has 0 unspecified atom stereocenters. The lowest BCUT2D eigenvalue weighted by Gasteiger charge is -1.91. The monoisotopic (exact) mass is 298 g/mol. The standard InChI is InChI=1S/C13H15I/c1-2-3-4-5-6-7-12-8-10-13(14)11-9-12/h8-11H,2-5H2,1H3. The topological polar surface area (TPSA) is 0 Å². The summed E-state index contributed by atoms with van der Waals surface area (Å²) in [5.41, 5.74) is 1.13. The van der Waals surface area contributed by atoms with Gasteiger partial charge < -0.3 is 0 Å². The normalized spacial score (nSPS) is 9.29. The Balaban J connectivity index is 2.39. The minimum atomic E-state index is 1.03. The fourth-order valence-corrected chi connectivity index (χ4v) is 1.52. The van der Waals surface area contributed by atoms with Crippen molar-refractivity contribution < 1.29 is 0 Å². The zero-order valence-corrected chi connectivity index (χ0v) is 10.7. The van der Waals surface area contributed by atoms with E-state index in [1.54, 1.807) is 0 Å². The van der Waals surface area contributed by atoms with E-state index in [4.69, 9.17) is 0 Å². The fourth-order valence-electron chi connectivity index (χ4n) is 1.16. The van der Waals surface area contributed by atoms with E-state index in [9.17, 15) is 0 Å². The lowest BCUT2D eigenvalue weighted by molar-refractivity contribution is 0.737. The van der Waals surface area contributed by atoms with Crippen LogP contribution in [0.2, 0.25) is 0 Å². The van der Waals surface area contributed by atoms with Gasteiger partial charge >= 0.3 is 0 Å². The Kier molecular flexibility index (Phi) is 5.70. The number of halogens is 1. The molecule has 0 amide bonds. The summed E-state index contributed by atoms with van der Waals surface area (Å²) >= 11 is 2.30. The SMILES string of the molecule is CCCCCC#Cc1ccc(I)cc1. The van der Waals surface area contributed by atoms with Gasteiger partial charge in [0, 0.05) is 15.6 Å². The van der Waals surface area contributed by atoms with Crippen LogP contribution in [0.4, 0.5) is 0 Å². The first-order chi connectivity index (χ1) is 6.83. The van der Waals surface area contributed by atoms with Crippen LogP contribution in [0.1, 0.15) is 38.2 Å². The molecule has 0 fully saturated rings. The zero-order chi connectivity index (χ0) is 10.2. The Morgan fingerprint density at radius 3 is 2.50 bits per heavy atom. The molecule has 0 aromatic heterocycles. The van der Waals surface area contributed by atoms with Crippen LogP contribution in [0.25, 0.3) is 0 Å². The molecule has 1 aromatic rings. The van der Waals surface area contributed by atoms with E-state index in [-0.39, 0.29) is 0 Å². The van der Waals surface area contributed by atoms with Crippen molar-refractivity contribution in [2.75, 3.05) is 0 Å². The Bertz CT molecular complexity index is 313. The van der Waals surface area contributed by atoms with E-state index in [2.05, 4.69) is 65.6 Å². The predicted octanol–water partition coefficient (Wildman–Crippen LogP) is 4.22. The van der Waals surface area contributed by atoms with Gasteiger partial charge in [-0.25, -0.2) is 0 Å². The van der Waals surface area contributed by atoms with E-state index >= 15 is 0 Å². The summed E-state index contributed by atoms with van der Waals surface area (Å²) < 4.78 is 1.26.